The van der Waals surface area contributed by atoms with Crippen molar-refractivity contribution in [2.45, 2.75) is 45.1 Å². The third kappa shape index (κ3) is 5.44. The summed E-state index contributed by atoms with van der Waals surface area (Å²) < 4.78 is 13.5. The second kappa shape index (κ2) is 8.32. The zero-order valence-corrected chi connectivity index (χ0v) is 15.6. The second-order valence-electron chi connectivity index (χ2n) is 7.24. The van der Waals surface area contributed by atoms with Crippen molar-refractivity contribution in [1.82, 2.24) is 15.5 Å². The van der Waals surface area contributed by atoms with Gasteiger partial charge in [-0.1, -0.05) is 26.0 Å². The molecule has 1 aromatic rings. The van der Waals surface area contributed by atoms with E-state index in [1.165, 1.54) is 6.07 Å². The summed E-state index contributed by atoms with van der Waals surface area (Å²) in [5.41, 5.74) is 0.652. The van der Waals surface area contributed by atoms with Gasteiger partial charge in [-0.3, -0.25) is 9.79 Å². The van der Waals surface area contributed by atoms with E-state index in [-0.39, 0.29) is 23.2 Å². The molecule has 1 amide bonds. The highest BCUT2D eigenvalue weighted by Gasteiger charge is 2.24. The van der Waals surface area contributed by atoms with Crippen molar-refractivity contribution >= 4 is 11.9 Å². The number of likely N-dealkylation sites (N-methyl/N-ethyl adjacent to an activating group) is 1. The molecule has 1 unspecified atom stereocenters. The number of rotatable bonds is 5. The fraction of sp³-hybridized carbons (Fsp3) is 0.579. The fourth-order valence-electron chi connectivity index (χ4n) is 2.92. The van der Waals surface area contributed by atoms with Gasteiger partial charge in [0.05, 0.1) is 6.54 Å². The van der Waals surface area contributed by atoms with Crippen molar-refractivity contribution in [3.8, 4) is 0 Å². The van der Waals surface area contributed by atoms with E-state index >= 15 is 0 Å². The Kier molecular flexibility index (Phi) is 6.39. The van der Waals surface area contributed by atoms with Gasteiger partial charge >= 0.3 is 0 Å². The highest BCUT2D eigenvalue weighted by atomic mass is 19.1. The van der Waals surface area contributed by atoms with Gasteiger partial charge in [0.25, 0.3) is 0 Å². The van der Waals surface area contributed by atoms with Gasteiger partial charge in [-0.2, -0.15) is 0 Å². The van der Waals surface area contributed by atoms with Gasteiger partial charge in [-0.25, -0.2) is 4.39 Å². The second-order valence-corrected chi connectivity index (χ2v) is 7.24. The molecule has 1 aliphatic rings. The van der Waals surface area contributed by atoms with Crippen LogP contribution in [0.1, 0.15) is 39.2 Å². The first-order valence-corrected chi connectivity index (χ1v) is 8.86. The van der Waals surface area contributed by atoms with Crippen molar-refractivity contribution in [1.29, 1.82) is 0 Å². The summed E-state index contributed by atoms with van der Waals surface area (Å²) in [5.74, 6) is 0.696. The van der Waals surface area contributed by atoms with Crippen molar-refractivity contribution in [3.63, 3.8) is 0 Å². The van der Waals surface area contributed by atoms with Gasteiger partial charge < -0.3 is 15.5 Å². The minimum Gasteiger partial charge on any atom is -0.357 e. The molecule has 2 rings (SSSR count). The quantitative estimate of drug-likeness (QED) is 0.634. The van der Waals surface area contributed by atoms with Crippen LogP contribution in [0.4, 0.5) is 4.39 Å². The van der Waals surface area contributed by atoms with Gasteiger partial charge in [0.15, 0.2) is 5.96 Å². The predicted octanol–water partition coefficient (Wildman–Crippen LogP) is 2.28. The van der Waals surface area contributed by atoms with Crippen molar-refractivity contribution in [2.24, 2.45) is 4.99 Å². The predicted molar refractivity (Wildman–Crippen MR) is 99.2 cm³/mol. The Balaban J connectivity index is 2.04. The summed E-state index contributed by atoms with van der Waals surface area (Å²) in [6.45, 7) is 8.10. The zero-order chi connectivity index (χ0) is 18.4. The molecule has 1 aromatic carbocycles. The zero-order valence-electron chi connectivity index (χ0n) is 15.6. The monoisotopic (exact) mass is 348 g/mol. The molecule has 6 heteroatoms. The molecule has 0 saturated carbocycles. The Hall–Kier alpha value is -2.11. The van der Waals surface area contributed by atoms with E-state index in [9.17, 15) is 9.18 Å². The number of carbonyl (C=O) groups is 1. The van der Waals surface area contributed by atoms with E-state index in [0.717, 1.165) is 24.5 Å². The van der Waals surface area contributed by atoms with Gasteiger partial charge in [0, 0.05) is 38.0 Å². The highest BCUT2D eigenvalue weighted by molar-refractivity contribution is 5.81. The Morgan fingerprint density at radius 2 is 2.20 bits per heavy atom. The number of guanidine groups is 1. The maximum absolute atomic E-state index is 13.5. The summed E-state index contributed by atoms with van der Waals surface area (Å²) in [4.78, 5) is 18.1. The molecule has 1 atom stereocenters. The maximum Gasteiger partial charge on any atom is 0.222 e. The molecule has 1 saturated heterocycles. The van der Waals surface area contributed by atoms with E-state index in [0.29, 0.717) is 19.5 Å². The minimum absolute atomic E-state index is 0.187. The number of hydrogen-bond donors (Lipinski definition) is 2. The van der Waals surface area contributed by atoms with Gasteiger partial charge in [0.2, 0.25) is 5.91 Å². The molecule has 1 heterocycles. The molecule has 0 aliphatic carbocycles. The number of aliphatic imine (C=N–C) groups is 1. The highest BCUT2D eigenvalue weighted by Crippen LogP contribution is 2.24. The molecular weight excluding hydrogens is 319 g/mol. The molecular formula is C19H29FN4O. The van der Waals surface area contributed by atoms with E-state index in [1.807, 2.05) is 20.0 Å². The van der Waals surface area contributed by atoms with Crippen molar-refractivity contribution in [3.05, 3.63) is 35.6 Å². The van der Waals surface area contributed by atoms with E-state index in [2.05, 4.69) is 24.5 Å². The van der Waals surface area contributed by atoms with Crippen LogP contribution in [-0.4, -0.2) is 49.5 Å². The summed E-state index contributed by atoms with van der Waals surface area (Å²) in [6, 6.07) is 6.87. The number of amides is 1. The molecule has 2 N–H and O–H groups in total. The van der Waals surface area contributed by atoms with Crippen LogP contribution in [0.15, 0.2) is 29.3 Å². The number of nitrogens with one attached hydrogen (secondary N) is 2. The molecule has 25 heavy (non-hydrogen) atoms. The third-order valence-corrected chi connectivity index (χ3v) is 4.55. The Labute approximate surface area is 149 Å². The number of nitrogens with zero attached hydrogens (tertiary/aromatic N) is 2. The SMILES string of the molecule is CCNC(=NCC(C)(C)c1cccc(F)c1)NC1CCC(=O)N(C)C1. The van der Waals surface area contributed by atoms with Crippen LogP contribution in [0, 0.1) is 5.82 Å². The lowest BCUT2D eigenvalue weighted by Crippen LogP contribution is -2.52. The van der Waals surface area contributed by atoms with Crippen LogP contribution in [-0.2, 0) is 10.2 Å². The van der Waals surface area contributed by atoms with Crippen LogP contribution < -0.4 is 10.6 Å². The Morgan fingerprint density at radius 1 is 1.44 bits per heavy atom. The number of benzene rings is 1. The number of hydrogen-bond acceptors (Lipinski definition) is 2. The average Bonchev–Trinajstić information content (AvgIpc) is 2.56. The number of carbonyl (C=O) groups excluding carboxylic acids is 1. The summed E-state index contributed by atoms with van der Waals surface area (Å²) >= 11 is 0. The Bertz CT molecular complexity index is 630. The number of halogens is 1. The topological polar surface area (TPSA) is 56.7 Å². The van der Waals surface area contributed by atoms with Crippen LogP contribution in [0.25, 0.3) is 0 Å². The largest absolute Gasteiger partial charge is 0.357 e. The molecule has 138 valence electrons. The summed E-state index contributed by atoms with van der Waals surface area (Å²) in [6.07, 6.45) is 1.36. The number of likely N-dealkylation sites (tertiary alicyclic amines) is 1. The first kappa shape index (κ1) is 19.2. The molecule has 0 radical (unpaired) electrons. The molecule has 1 fully saturated rings. The van der Waals surface area contributed by atoms with Gasteiger partial charge in [-0.05, 0) is 31.0 Å². The lowest BCUT2D eigenvalue weighted by molar-refractivity contribution is -0.132. The summed E-state index contributed by atoms with van der Waals surface area (Å²) in [5, 5.41) is 6.67. The Morgan fingerprint density at radius 3 is 2.84 bits per heavy atom. The van der Waals surface area contributed by atoms with E-state index in [1.54, 1.807) is 17.0 Å². The lowest BCUT2D eigenvalue weighted by atomic mass is 9.85. The van der Waals surface area contributed by atoms with Crippen molar-refractivity contribution < 1.29 is 9.18 Å². The maximum atomic E-state index is 13.5. The molecule has 0 spiro atoms. The minimum atomic E-state index is -0.274. The molecule has 0 bridgehead atoms. The number of piperidine rings is 1. The summed E-state index contributed by atoms with van der Waals surface area (Å²) in [7, 11) is 1.83. The van der Waals surface area contributed by atoms with Crippen LogP contribution in [0.3, 0.4) is 0 Å². The van der Waals surface area contributed by atoms with Gasteiger partial charge in [0.1, 0.15) is 5.82 Å². The van der Waals surface area contributed by atoms with Crippen LogP contribution in [0.5, 0.6) is 0 Å². The van der Waals surface area contributed by atoms with Crippen molar-refractivity contribution in [2.75, 3.05) is 26.7 Å². The van der Waals surface area contributed by atoms with E-state index in [4.69, 9.17) is 4.99 Å². The smallest absolute Gasteiger partial charge is 0.222 e. The standard InChI is InChI=1S/C19H29FN4O/c1-5-21-18(23-16-9-10-17(25)24(4)12-16)22-13-19(2,3)14-7-6-8-15(20)11-14/h6-8,11,16H,5,9-10,12-13H2,1-4H3,(H2,21,22,23). The molecule has 0 aromatic heterocycles. The third-order valence-electron chi connectivity index (χ3n) is 4.55. The van der Waals surface area contributed by atoms with Crippen LogP contribution >= 0.6 is 0 Å². The van der Waals surface area contributed by atoms with E-state index < -0.39 is 0 Å². The van der Waals surface area contributed by atoms with Crippen LogP contribution in [0.2, 0.25) is 0 Å². The molecule has 1 aliphatic heterocycles. The first-order chi connectivity index (χ1) is 11.8. The normalized spacial score (nSPS) is 19.1. The fourth-order valence-corrected chi connectivity index (χ4v) is 2.92. The average molecular weight is 348 g/mol. The molecule has 5 nitrogen and oxygen atoms in total. The lowest BCUT2D eigenvalue weighted by Gasteiger charge is -2.31. The van der Waals surface area contributed by atoms with Gasteiger partial charge in [-0.15, -0.1) is 0 Å². The first-order valence-electron chi connectivity index (χ1n) is 8.86.